The summed E-state index contributed by atoms with van der Waals surface area (Å²) in [5.41, 5.74) is 2.79. The van der Waals surface area contributed by atoms with Crippen LogP contribution in [0.25, 0.3) is 0 Å². The predicted octanol–water partition coefficient (Wildman–Crippen LogP) is 2.21. The number of carbonyl (C=O) groups is 1. The van der Waals surface area contributed by atoms with E-state index >= 15 is 0 Å². The Balaban J connectivity index is 1.71. The highest BCUT2D eigenvalue weighted by Gasteiger charge is 2.24. The maximum absolute atomic E-state index is 12.8. The summed E-state index contributed by atoms with van der Waals surface area (Å²) in [5.74, 6) is -0.130. The van der Waals surface area contributed by atoms with Crippen LogP contribution in [0.1, 0.15) is 15.9 Å². The van der Waals surface area contributed by atoms with Crippen molar-refractivity contribution >= 4 is 21.6 Å². The second-order valence-corrected chi connectivity index (χ2v) is 9.09. The molecule has 3 rings (SSSR count). The molecule has 0 radical (unpaired) electrons. The minimum atomic E-state index is -3.56. The Morgan fingerprint density at radius 1 is 0.963 bits per heavy atom. The van der Waals surface area contributed by atoms with Gasteiger partial charge in [0.05, 0.1) is 4.90 Å². The van der Waals surface area contributed by atoms with E-state index in [1.807, 2.05) is 6.07 Å². The molecule has 0 unspecified atom stereocenters. The average molecular weight is 388 g/mol. The lowest BCUT2D eigenvalue weighted by atomic mass is 10.1. The quantitative estimate of drug-likeness (QED) is 0.807. The summed E-state index contributed by atoms with van der Waals surface area (Å²) >= 11 is 0. The van der Waals surface area contributed by atoms with Gasteiger partial charge >= 0.3 is 0 Å². The lowest BCUT2D eigenvalue weighted by Crippen LogP contribution is -2.48. The van der Waals surface area contributed by atoms with Crippen LogP contribution in [0, 0.1) is 6.92 Å². The lowest BCUT2D eigenvalue weighted by Gasteiger charge is -2.36. The number of sulfonamides is 1. The number of rotatable bonds is 4. The fourth-order valence-corrected chi connectivity index (χ4v) is 4.12. The van der Waals surface area contributed by atoms with Gasteiger partial charge in [0.15, 0.2) is 0 Å². The number of carbonyl (C=O) groups excluding carboxylic acids is 1. The van der Waals surface area contributed by atoms with E-state index in [1.54, 1.807) is 17.0 Å². The summed E-state index contributed by atoms with van der Waals surface area (Å²) < 4.78 is 25.8. The number of aryl methyl sites for hydroxylation is 1. The first-order valence-corrected chi connectivity index (χ1v) is 10.4. The summed E-state index contributed by atoms with van der Waals surface area (Å²) in [7, 11) is -0.597. The standard InChI is InChI=1S/C20H25N3O3S/c1-16-6-4-8-18(14-16)22-10-12-23(13-11-22)20(24)17-7-5-9-19(15-17)27(25,26)21(2)3/h4-9,14-15H,10-13H2,1-3H3. The van der Waals surface area contributed by atoms with Gasteiger partial charge in [-0.25, -0.2) is 12.7 Å². The molecule has 27 heavy (non-hydrogen) atoms. The molecule has 0 spiro atoms. The second kappa shape index (κ2) is 7.70. The Hall–Kier alpha value is -2.38. The van der Waals surface area contributed by atoms with E-state index in [9.17, 15) is 13.2 Å². The van der Waals surface area contributed by atoms with Gasteiger partial charge in [0, 0.05) is 51.5 Å². The van der Waals surface area contributed by atoms with Gasteiger partial charge in [-0.2, -0.15) is 0 Å². The molecule has 1 amide bonds. The van der Waals surface area contributed by atoms with E-state index in [4.69, 9.17) is 0 Å². The van der Waals surface area contributed by atoms with Crippen LogP contribution >= 0.6 is 0 Å². The number of anilines is 1. The van der Waals surface area contributed by atoms with E-state index in [0.717, 1.165) is 17.4 Å². The van der Waals surface area contributed by atoms with E-state index < -0.39 is 10.0 Å². The first-order chi connectivity index (χ1) is 12.8. The van der Waals surface area contributed by atoms with Crippen molar-refractivity contribution in [3.63, 3.8) is 0 Å². The van der Waals surface area contributed by atoms with Crippen molar-refractivity contribution in [1.82, 2.24) is 9.21 Å². The van der Waals surface area contributed by atoms with Crippen LogP contribution in [0.5, 0.6) is 0 Å². The third-order valence-electron chi connectivity index (χ3n) is 4.79. The van der Waals surface area contributed by atoms with Crippen LogP contribution in [0.4, 0.5) is 5.69 Å². The maximum Gasteiger partial charge on any atom is 0.254 e. The lowest BCUT2D eigenvalue weighted by molar-refractivity contribution is 0.0746. The van der Waals surface area contributed by atoms with Crippen molar-refractivity contribution in [3.8, 4) is 0 Å². The molecule has 2 aromatic carbocycles. The molecule has 0 N–H and O–H groups in total. The Bertz CT molecular complexity index is 933. The van der Waals surface area contributed by atoms with Crippen molar-refractivity contribution in [1.29, 1.82) is 0 Å². The molecule has 0 aromatic heterocycles. The predicted molar refractivity (Wildman–Crippen MR) is 107 cm³/mol. The number of amides is 1. The van der Waals surface area contributed by atoms with Gasteiger partial charge < -0.3 is 9.80 Å². The maximum atomic E-state index is 12.8. The number of hydrogen-bond acceptors (Lipinski definition) is 4. The van der Waals surface area contributed by atoms with E-state index in [2.05, 4.69) is 30.0 Å². The molecule has 0 atom stereocenters. The van der Waals surface area contributed by atoms with Crippen molar-refractivity contribution in [3.05, 3.63) is 59.7 Å². The molecule has 0 saturated carbocycles. The molecule has 144 valence electrons. The van der Waals surface area contributed by atoms with Crippen LogP contribution < -0.4 is 4.90 Å². The summed E-state index contributed by atoms with van der Waals surface area (Å²) in [4.78, 5) is 17.0. The summed E-state index contributed by atoms with van der Waals surface area (Å²) in [6.07, 6.45) is 0. The fourth-order valence-electron chi connectivity index (χ4n) is 3.18. The van der Waals surface area contributed by atoms with Gasteiger partial charge in [-0.3, -0.25) is 4.79 Å². The number of piperazine rings is 1. The van der Waals surface area contributed by atoms with E-state index in [-0.39, 0.29) is 10.8 Å². The fraction of sp³-hybridized carbons (Fsp3) is 0.350. The van der Waals surface area contributed by atoms with Gasteiger partial charge in [-0.15, -0.1) is 0 Å². The molecule has 1 aliphatic heterocycles. The molecular weight excluding hydrogens is 362 g/mol. The molecule has 6 nitrogen and oxygen atoms in total. The minimum absolute atomic E-state index is 0.130. The molecule has 1 fully saturated rings. The molecular formula is C20H25N3O3S. The van der Waals surface area contributed by atoms with Gasteiger partial charge in [-0.05, 0) is 42.8 Å². The molecule has 1 saturated heterocycles. The third-order valence-corrected chi connectivity index (χ3v) is 6.60. The third kappa shape index (κ3) is 4.14. The Kier molecular flexibility index (Phi) is 5.53. The Morgan fingerprint density at radius 2 is 1.63 bits per heavy atom. The van der Waals surface area contributed by atoms with Crippen molar-refractivity contribution < 1.29 is 13.2 Å². The zero-order valence-electron chi connectivity index (χ0n) is 15.9. The van der Waals surface area contributed by atoms with E-state index in [0.29, 0.717) is 18.7 Å². The highest BCUT2D eigenvalue weighted by molar-refractivity contribution is 7.89. The molecule has 0 bridgehead atoms. The highest BCUT2D eigenvalue weighted by atomic mass is 32.2. The van der Waals surface area contributed by atoms with Gasteiger partial charge in [0.2, 0.25) is 10.0 Å². The average Bonchev–Trinajstić information content (AvgIpc) is 2.67. The van der Waals surface area contributed by atoms with Crippen molar-refractivity contribution in [2.45, 2.75) is 11.8 Å². The largest absolute Gasteiger partial charge is 0.368 e. The summed E-state index contributed by atoms with van der Waals surface area (Å²) in [6, 6.07) is 14.6. The van der Waals surface area contributed by atoms with Crippen molar-refractivity contribution in [2.24, 2.45) is 0 Å². The molecule has 7 heteroatoms. The molecule has 2 aromatic rings. The Morgan fingerprint density at radius 3 is 2.26 bits per heavy atom. The SMILES string of the molecule is Cc1cccc(N2CCN(C(=O)c3cccc(S(=O)(=O)N(C)C)c3)CC2)c1. The second-order valence-electron chi connectivity index (χ2n) is 6.93. The number of nitrogens with zero attached hydrogens (tertiary/aromatic N) is 3. The number of hydrogen-bond donors (Lipinski definition) is 0. The first kappa shape index (κ1) is 19.4. The zero-order chi connectivity index (χ0) is 19.6. The van der Waals surface area contributed by atoms with Gasteiger partial charge in [0.25, 0.3) is 5.91 Å². The smallest absolute Gasteiger partial charge is 0.254 e. The summed E-state index contributed by atoms with van der Waals surface area (Å²) in [5, 5.41) is 0. The first-order valence-electron chi connectivity index (χ1n) is 8.92. The van der Waals surface area contributed by atoms with Gasteiger partial charge in [0.1, 0.15) is 0 Å². The molecule has 1 heterocycles. The van der Waals surface area contributed by atoms with Crippen LogP contribution in [-0.4, -0.2) is 63.8 Å². The van der Waals surface area contributed by atoms with Crippen LogP contribution in [-0.2, 0) is 10.0 Å². The van der Waals surface area contributed by atoms with Gasteiger partial charge in [-0.1, -0.05) is 18.2 Å². The van der Waals surface area contributed by atoms with Crippen LogP contribution in [0.2, 0.25) is 0 Å². The summed E-state index contributed by atoms with van der Waals surface area (Å²) in [6.45, 7) is 4.79. The highest BCUT2D eigenvalue weighted by Crippen LogP contribution is 2.20. The normalized spacial score (nSPS) is 15.3. The zero-order valence-corrected chi connectivity index (χ0v) is 16.7. The molecule has 1 aliphatic rings. The minimum Gasteiger partial charge on any atom is -0.368 e. The van der Waals surface area contributed by atoms with Crippen LogP contribution in [0.3, 0.4) is 0 Å². The van der Waals surface area contributed by atoms with Crippen molar-refractivity contribution in [2.75, 3.05) is 45.2 Å². The molecule has 0 aliphatic carbocycles. The Labute approximate surface area is 161 Å². The van der Waals surface area contributed by atoms with E-state index in [1.165, 1.54) is 37.5 Å². The van der Waals surface area contributed by atoms with Crippen LogP contribution in [0.15, 0.2) is 53.4 Å². The monoisotopic (exact) mass is 387 g/mol. The topological polar surface area (TPSA) is 60.9 Å². The number of benzene rings is 2.